The Morgan fingerprint density at radius 2 is 1.92 bits per heavy atom. The van der Waals surface area contributed by atoms with E-state index in [1.54, 1.807) is 5.57 Å². The van der Waals surface area contributed by atoms with Gasteiger partial charge in [0.1, 0.15) is 0 Å². The summed E-state index contributed by atoms with van der Waals surface area (Å²) in [5.41, 5.74) is 8.41. The van der Waals surface area contributed by atoms with Crippen LogP contribution in [0.25, 0.3) is 17.2 Å². The van der Waals surface area contributed by atoms with Crippen LogP contribution in [0.2, 0.25) is 5.02 Å². The van der Waals surface area contributed by atoms with Crippen LogP contribution in [0.4, 0.5) is 0 Å². The fraction of sp³-hybridized carbons (Fsp3) is 0.333. The third-order valence-corrected chi connectivity index (χ3v) is 6.49. The molecule has 4 rings (SSSR count). The number of nitrogens with zero attached hydrogens (tertiary/aromatic N) is 1. The molecule has 1 aliphatic heterocycles. The van der Waals surface area contributed by atoms with E-state index in [-0.39, 0.29) is 0 Å². The normalized spacial score (nSPS) is 18.0. The number of allylic oxidation sites excluding steroid dienone is 1. The van der Waals surface area contributed by atoms with E-state index in [2.05, 4.69) is 48.4 Å². The minimum Gasteiger partial charge on any atom is -0.303 e. The largest absolute Gasteiger partial charge is 0.303 e. The standard InChI is InChI=1S/C21H22ClNS/c1-3-23-9-6-15(7-10-23)20-18-5-4-17(22)13-16(18)12-14(2)21-19(20)8-11-24-21/h4-5,8,11-13H,3,6-7,9-10H2,1-2H3. The molecule has 2 aromatic rings. The van der Waals surface area contributed by atoms with Gasteiger partial charge in [0.2, 0.25) is 0 Å². The number of thiophene rings is 1. The van der Waals surface area contributed by atoms with E-state index >= 15 is 0 Å². The summed E-state index contributed by atoms with van der Waals surface area (Å²) in [6.45, 7) is 7.96. The third-order valence-electron chi connectivity index (χ3n) is 5.21. The highest BCUT2D eigenvalue weighted by Gasteiger charge is 2.24. The highest BCUT2D eigenvalue weighted by atomic mass is 35.5. The maximum Gasteiger partial charge on any atom is 0.0412 e. The van der Waals surface area contributed by atoms with Crippen molar-refractivity contribution in [1.29, 1.82) is 0 Å². The lowest BCUT2D eigenvalue weighted by atomic mass is 9.87. The molecule has 24 heavy (non-hydrogen) atoms. The van der Waals surface area contributed by atoms with Crippen LogP contribution in [0.5, 0.6) is 0 Å². The molecule has 1 fully saturated rings. The monoisotopic (exact) mass is 355 g/mol. The fourth-order valence-corrected chi connectivity index (χ4v) is 4.97. The van der Waals surface area contributed by atoms with E-state index in [1.807, 2.05) is 17.4 Å². The first-order chi connectivity index (χ1) is 11.7. The third kappa shape index (κ3) is 2.77. The Bertz CT molecular complexity index is 833. The second-order valence-corrected chi connectivity index (χ2v) is 7.99. The van der Waals surface area contributed by atoms with E-state index in [0.717, 1.165) is 11.6 Å². The van der Waals surface area contributed by atoms with Crippen molar-refractivity contribution in [3.8, 4) is 0 Å². The van der Waals surface area contributed by atoms with Crippen LogP contribution in [-0.2, 0) is 0 Å². The van der Waals surface area contributed by atoms with Crippen LogP contribution in [0.1, 0.15) is 48.3 Å². The summed E-state index contributed by atoms with van der Waals surface area (Å²) < 4.78 is 0. The molecule has 2 heterocycles. The minimum atomic E-state index is 0.813. The Labute approximate surface area is 153 Å². The molecule has 124 valence electrons. The molecule has 1 aliphatic carbocycles. The van der Waals surface area contributed by atoms with Crippen LogP contribution < -0.4 is 0 Å². The number of fused-ring (bicyclic) bond motifs is 2. The van der Waals surface area contributed by atoms with Gasteiger partial charge in [-0.05, 0) is 78.2 Å². The number of hydrogen-bond acceptors (Lipinski definition) is 2. The SMILES string of the molecule is CCN1CCC(=C2c3ccc(Cl)cc3C=C(C)c3sccc32)CC1. The van der Waals surface area contributed by atoms with Crippen molar-refractivity contribution in [2.75, 3.05) is 19.6 Å². The number of benzene rings is 1. The van der Waals surface area contributed by atoms with Gasteiger partial charge in [-0.15, -0.1) is 11.3 Å². The molecule has 1 nitrogen and oxygen atoms in total. The second kappa shape index (κ2) is 6.51. The van der Waals surface area contributed by atoms with E-state index in [4.69, 9.17) is 11.6 Å². The average molecular weight is 356 g/mol. The quantitative estimate of drug-likeness (QED) is 0.589. The smallest absolute Gasteiger partial charge is 0.0412 e. The van der Waals surface area contributed by atoms with E-state index in [9.17, 15) is 0 Å². The summed E-state index contributed by atoms with van der Waals surface area (Å²) in [5, 5.41) is 3.04. The van der Waals surface area contributed by atoms with Crippen molar-refractivity contribution in [2.45, 2.75) is 26.7 Å². The molecule has 0 spiro atoms. The maximum atomic E-state index is 6.28. The molecule has 0 atom stereocenters. The highest BCUT2D eigenvalue weighted by Crippen LogP contribution is 2.43. The zero-order valence-corrected chi connectivity index (χ0v) is 15.8. The Morgan fingerprint density at radius 1 is 1.12 bits per heavy atom. The van der Waals surface area contributed by atoms with Crippen LogP contribution in [0.3, 0.4) is 0 Å². The second-order valence-electron chi connectivity index (χ2n) is 6.64. The lowest BCUT2D eigenvalue weighted by Gasteiger charge is -2.29. The average Bonchev–Trinajstić information content (AvgIpc) is 3.03. The van der Waals surface area contributed by atoms with E-state index < -0.39 is 0 Å². The summed E-state index contributed by atoms with van der Waals surface area (Å²) in [5.74, 6) is 0. The predicted molar refractivity (Wildman–Crippen MR) is 107 cm³/mol. The van der Waals surface area contributed by atoms with Gasteiger partial charge in [-0.25, -0.2) is 0 Å². The van der Waals surface area contributed by atoms with Crippen LogP contribution >= 0.6 is 22.9 Å². The summed E-state index contributed by atoms with van der Waals surface area (Å²) >= 11 is 8.13. The topological polar surface area (TPSA) is 3.24 Å². The highest BCUT2D eigenvalue weighted by molar-refractivity contribution is 7.11. The first-order valence-corrected chi connectivity index (χ1v) is 9.94. The first kappa shape index (κ1) is 16.1. The van der Waals surface area contributed by atoms with Gasteiger partial charge in [0.15, 0.2) is 0 Å². The Morgan fingerprint density at radius 3 is 2.67 bits per heavy atom. The Kier molecular flexibility index (Phi) is 4.38. The molecule has 0 N–H and O–H groups in total. The number of rotatable bonds is 1. The van der Waals surface area contributed by atoms with Gasteiger partial charge in [-0.2, -0.15) is 0 Å². The van der Waals surface area contributed by atoms with Gasteiger partial charge < -0.3 is 4.90 Å². The van der Waals surface area contributed by atoms with Crippen molar-refractivity contribution in [3.63, 3.8) is 0 Å². The van der Waals surface area contributed by atoms with Gasteiger partial charge in [0, 0.05) is 28.6 Å². The molecule has 1 saturated heterocycles. The molecule has 3 heteroatoms. The van der Waals surface area contributed by atoms with Gasteiger partial charge in [0.25, 0.3) is 0 Å². The van der Waals surface area contributed by atoms with Gasteiger partial charge >= 0.3 is 0 Å². The lowest BCUT2D eigenvalue weighted by molar-refractivity contribution is 0.270. The summed E-state index contributed by atoms with van der Waals surface area (Å²) in [6.07, 6.45) is 4.63. The lowest BCUT2D eigenvalue weighted by Crippen LogP contribution is -2.30. The van der Waals surface area contributed by atoms with E-state index in [0.29, 0.717) is 0 Å². The molecule has 0 amide bonds. The molecule has 1 aromatic heterocycles. The fourth-order valence-electron chi connectivity index (χ4n) is 3.91. The molecular formula is C21H22ClNS. The number of halogens is 1. The first-order valence-electron chi connectivity index (χ1n) is 8.68. The maximum absolute atomic E-state index is 6.28. The zero-order valence-electron chi connectivity index (χ0n) is 14.2. The van der Waals surface area contributed by atoms with Gasteiger partial charge in [0.05, 0.1) is 0 Å². The van der Waals surface area contributed by atoms with Crippen LogP contribution in [0.15, 0.2) is 35.2 Å². The zero-order chi connectivity index (χ0) is 16.7. The number of likely N-dealkylation sites (tertiary alicyclic amines) is 1. The molecule has 0 unspecified atom stereocenters. The summed E-state index contributed by atoms with van der Waals surface area (Å²) in [6, 6.07) is 8.65. The molecular weight excluding hydrogens is 334 g/mol. The molecule has 0 radical (unpaired) electrons. The summed E-state index contributed by atoms with van der Waals surface area (Å²) in [7, 11) is 0. The predicted octanol–water partition coefficient (Wildman–Crippen LogP) is 6.19. The minimum absolute atomic E-state index is 0.813. The summed E-state index contributed by atoms with van der Waals surface area (Å²) in [4.78, 5) is 3.95. The molecule has 2 aliphatic rings. The molecule has 0 bridgehead atoms. The van der Waals surface area contributed by atoms with Crippen LogP contribution in [-0.4, -0.2) is 24.5 Å². The van der Waals surface area contributed by atoms with Crippen molar-refractivity contribution in [1.82, 2.24) is 4.90 Å². The molecule has 1 aromatic carbocycles. The van der Waals surface area contributed by atoms with Gasteiger partial charge in [-0.1, -0.05) is 30.2 Å². The van der Waals surface area contributed by atoms with E-state index in [1.165, 1.54) is 58.6 Å². The Hall–Kier alpha value is -1.35. The number of piperidine rings is 1. The number of hydrogen-bond donors (Lipinski definition) is 0. The van der Waals surface area contributed by atoms with Crippen molar-refractivity contribution in [3.05, 3.63) is 61.8 Å². The van der Waals surface area contributed by atoms with Crippen molar-refractivity contribution < 1.29 is 0 Å². The van der Waals surface area contributed by atoms with Gasteiger partial charge in [-0.3, -0.25) is 0 Å². The van der Waals surface area contributed by atoms with Crippen LogP contribution in [0, 0.1) is 0 Å². The molecule has 0 saturated carbocycles. The van der Waals surface area contributed by atoms with Crippen molar-refractivity contribution >= 4 is 40.2 Å². The van der Waals surface area contributed by atoms with Crippen molar-refractivity contribution in [2.24, 2.45) is 0 Å². The Balaban J connectivity index is 1.92.